The van der Waals surface area contributed by atoms with Crippen LogP contribution in [-0.4, -0.2) is 28.2 Å². The average Bonchev–Trinajstić information content (AvgIpc) is 3.44. The third-order valence-electron chi connectivity index (χ3n) is 4.95. The number of anilines is 2. The van der Waals surface area contributed by atoms with Crippen LogP contribution in [0.15, 0.2) is 57.5 Å². The minimum atomic E-state index is -0.0735. The molecule has 7 nitrogen and oxygen atoms in total. The minimum Gasteiger partial charge on any atom is -0.497 e. The van der Waals surface area contributed by atoms with Crippen LogP contribution in [0.3, 0.4) is 0 Å². The van der Waals surface area contributed by atoms with Crippen LogP contribution in [0.25, 0.3) is 0 Å². The fraction of sp³-hybridized carbons (Fsp3) is 0.250. The maximum absolute atomic E-state index is 12.4. The number of nitrogens with zero attached hydrogens (tertiary/aromatic N) is 4. The van der Waals surface area contributed by atoms with Gasteiger partial charge in [-0.15, -0.1) is 21.5 Å². The molecule has 33 heavy (non-hydrogen) atoms. The second-order valence-electron chi connectivity index (χ2n) is 7.54. The minimum absolute atomic E-state index is 0.0735. The van der Waals surface area contributed by atoms with E-state index in [1.165, 1.54) is 23.1 Å². The quantitative estimate of drug-likeness (QED) is 0.298. The topological polar surface area (TPSA) is 81.4 Å². The van der Waals surface area contributed by atoms with Crippen molar-refractivity contribution in [2.24, 2.45) is 0 Å². The van der Waals surface area contributed by atoms with E-state index in [4.69, 9.17) is 9.15 Å². The first kappa shape index (κ1) is 23.0. The molecule has 1 amide bonds. The number of ether oxygens (including phenoxy) is 1. The van der Waals surface area contributed by atoms with Crippen molar-refractivity contribution < 1.29 is 13.9 Å². The molecule has 2 aromatic heterocycles. The standard InChI is InChI=1S/C24H24N4O3S2/c1-15-5-10-21(16(2)11-15)28(17(3)29)23-25-19(13-32-23)14-33-24-27-26-22(31-24)12-18-6-8-20(30-4)9-7-18/h5-11,13H,12,14H2,1-4H3. The number of carbonyl (C=O) groups excluding carboxylic acids is 1. The number of rotatable bonds is 8. The highest BCUT2D eigenvalue weighted by Crippen LogP contribution is 2.33. The largest absolute Gasteiger partial charge is 0.497 e. The highest BCUT2D eigenvalue weighted by Gasteiger charge is 2.20. The number of thioether (sulfide) groups is 1. The molecule has 0 spiro atoms. The van der Waals surface area contributed by atoms with Gasteiger partial charge in [0.05, 0.1) is 24.9 Å². The summed E-state index contributed by atoms with van der Waals surface area (Å²) >= 11 is 2.87. The van der Waals surface area contributed by atoms with Crippen molar-refractivity contribution in [2.45, 2.75) is 38.2 Å². The molecule has 0 fully saturated rings. The first-order valence-corrected chi connectivity index (χ1v) is 12.2. The summed E-state index contributed by atoms with van der Waals surface area (Å²) in [5, 5.41) is 11.4. The SMILES string of the molecule is COc1ccc(Cc2nnc(SCc3csc(N(C(C)=O)c4ccc(C)cc4C)n3)o2)cc1. The van der Waals surface area contributed by atoms with Gasteiger partial charge < -0.3 is 9.15 Å². The lowest BCUT2D eigenvalue weighted by molar-refractivity contribution is -0.115. The summed E-state index contributed by atoms with van der Waals surface area (Å²) in [6.07, 6.45) is 0.557. The molecular formula is C24H24N4O3S2. The third kappa shape index (κ3) is 5.61. The highest BCUT2D eigenvalue weighted by atomic mass is 32.2. The molecule has 0 aliphatic rings. The number of aromatic nitrogens is 3. The molecule has 0 radical (unpaired) electrons. The van der Waals surface area contributed by atoms with Gasteiger partial charge in [0.25, 0.3) is 5.22 Å². The summed E-state index contributed by atoms with van der Waals surface area (Å²) in [5.74, 6) is 1.86. The number of amides is 1. The third-order valence-corrected chi connectivity index (χ3v) is 6.67. The summed E-state index contributed by atoms with van der Waals surface area (Å²) in [5.41, 5.74) is 4.96. The van der Waals surface area contributed by atoms with Crippen LogP contribution in [0.2, 0.25) is 0 Å². The van der Waals surface area contributed by atoms with Gasteiger partial charge in [0.2, 0.25) is 11.8 Å². The number of methoxy groups -OCH3 is 1. The van der Waals surface area contributed by atoms with Gasteiger partial charge in [0.1, 0.15) is 5.75 Å². The molecule has 0 aliphatic carbocycles. The summed E-state index contributed by atoms with van der Waals surface area (Å²) < 4.78 is 11.0. The van der Waals surface area contributed by atoms with Crippen molar-refractivity contribution in [3.05, 3.63) is 76.1 Å². The van der Waals surface area contributed by atoms with Crippen LogP contribution < -0.4 is 9.64 Å². The van der Waals surface area contributed by atoms with Crippen LogP contribution in [0.5, 0.6) is 5.75 Å². The van der Waals surface area contributed by atoms with E-state index in [0.717, 1.165) is 33.8 Å². The number of hydrogen-bond donors (Lipinski definition) is 0. The molecule has 0 bridgehead atoms. The maximum atomic E-state index is 12.4. The van der Waals surface area contributed by atoms with E-state index in [0.29, 0.717) is 28.4 Å². The van der Waals surface area contributed by atoms with Gasteiger partial charge in [-0.1, -0.05) is 41.6 Å². The fourth-order valence-electron chi connectivity index (χ4n) is 3.35. The molecule has 0 saturated carbocycles. The van der Waals surface area contributed by atoms with Crippen LogP contribution in [0.1, 0.15) is 35.2 Å². The zero-order valence-corrected chi connectivity index (χ0v) is 20.5. The van der Waals surface area contributed by atoms with Crippen LogP contribution in [0.4, 0.5) is 10.8 Å². The Balaban J connectivity index is 1.41. The van der Waals surface area contributed by atoms with Gasteiger partial charge >= 0.3 is 0 Å². The van der Waals surface area contributed by atoms with Crippen LogP contribution >= 0.6 is 23.1 Å². The normalized spacial score (nSPS) is 10.9. The Morgan fingerprint density at radius 1 is 1.15 bits per heavy atom. The predicted octanol–water partition coefficient (Wildman–Crippen LogP) is 5.72. The van der Waals surface area contributed by atoms with Crippen molar-refractivity contribution in [3.8, 4) is 5.75 Å². The molecule has 0 N–H and O–H groups in total. The molecule has 170 valence electrons. The van der Waals surface area contributed by atoms with Gasteiger partial charge in [-0.05, 0) is 43.2 Å². The van der Waals surface area contributed by atoms with E-state index < -0.39 is 0 Å². The maximum Gasteiger partial charge on any atom is 0.276 e. The van der Waals surface area contributed by atoms with Crippen molar-refractivity contribution in [1.82, 2.24) is 15.2 Å². The Morgan fingerprint density at radius 3 is 2.64 bits per heavy atom. The van der Waals surface area contributed by atoms with Gasteiger partial charge in [-0.3, -0.25) is 9.69 Å². The Morgan fingerprint density at radius 2 is 1.94 bits per heavy atom. The summed E-state index contributed by atoms with van der Waals surface area (Å²) in [6.45, 7) is 5.59. The van der Waals surface area contributed by atoms with Gasteiger partial charge in [0, 0.05) is 18.1 Å². The van der Waals surface area contributed by atoms with E-state index >= 15 is 0 Å². The second kappa shape index (κ2) is 10.2. The highest BCUT2D eigenvalue weighted by molar-refractivity contribution is 7.98. The molecule has 4 rings (SSSR count). The summed E-state index contributed by atoms with van der Waals surface area (Å²) in [4.78, 5) is 18.7. The molecular weight excluding hydrogens is 456 g/mol. The molecule has 0 saturated heterocycles. The molecule has 0 unspecified atom stereocenters. The second-order valence-corrected chi connectivity index (χ2v) is 9.30. The van der Waals surface area contributed by atoms with E-state index in [1.54, 1.807) is 18.9 Å². The molecule has 9 heteroatoms. The lowest BCUT2D eigenvalue weighted by atomic mass is 10.1. The Labute approximate surface area is 200 Å². The zero-order valence-electron chi connectivity index (χ0n) is 18.9. The van der Waals surface area contributed by atoms with Gasteiger partial charge in [-0.25, -0.2) is 4.98 Å². The molecule has 4 aromatic rings. The van der Waals surface area contributed by atoms with Gasteiger partial charge in [-0.2, -0.15) is 0 Å². The van der Waals surface area contributed by atoms with E-state index in [1.807, 2.05) is 55.6 Å². The molecule has 2 aromatic carbocycles. The summed E-state index contributed by atoms with van der Waals surface area (Å²) in [7, 11) is 1.64. The van der Waals surface area contributed by atoms with Crippen molar-refractivity contribution in [3.63, 3.8) is 0 Å². The number of aryl methyl sites for hydroxylation is 2. The molecule has 2 heterocycles. The predicted molar refractivity (Wildman–Crippen MR) is 131 cm³/mol. The number of carbonyl (C=O) groups is 1. The molecule has 0 atom stereocenters. The van der Waals surface area contributed by atoms with Crippen LogP contribution in [0, 0.1) is 13.8 Å². The van der Waals surface area contributed by atoms with E-state index in [9.17, 15) is 4.79 Å². The average molecular weight is 481 g/mol. The van der Waals surface area contributed by atoms with E-state index in [-0.39, 0.29) is 5.91 Å². The Kier molecular flexibility index (Phi) is 7.10. The van der Waals surface area contributed by atoms with Crippen molar-refractivity contribution in [2.75, 3.05) is 12.0 Å². The van der Waals surface area contributed by atoms with Crippen molar-refractivity contribution in [1.29, 1.82) is 0 Å². The number of hydrogen-bond acceptors (Lipinski definition) is 8. The Hall–Kier alpha value is -3.17. The fourth-order valence-corrected chi connectivity index (χ4v) is 5.01. The first-order chi connectivity index (χ1) is 15.9. The lowest BCUT2D eigenvalue weighted by Gasteiger charge is -2.20. The summed E-state index contributed by atoms with van der Waals surface area (Å²) in [6, 6.07) is 13.8. The van der Waals surface area contributed by atoms with E-state index in [2.05, 4.69) is 21.2 Å². The smallest absolute Gasteiger partial charge is 0.276 e. The first-order valence-electron chi connectivity index (χ1n) is 10.3. The molecule has 0 aliphatic heterocycles. The monoisotopic (exact) mass is 480 g/mol. The number of thiazole rings is 1. The van der Waals surface area contributed by atoms with Crippen LogP contribution in [-0.2, 0) is 17.0 Å². The Bertz CT molecular complexity index is 1250. The van der Waals surface area contributed by atoms with Crippen molar-refractivity contribution >= 4 is 39.8 Å². The zero-order chi connectivity index (χ0) is 23.4. The lowest BCUT2D eigenvalue weighted by Crippen LogP contribution is -2.23. The number of benzene rings is 2. The van der Waals surface area contributed by atoms with Gasteiger partial charge in [0.15, 0.2) is 5.13 Å².